The lowest BCUT2D eigenvalue weighted by atomic mass is 10.2. The number of hydrogen-bond donors (Lipinski definition) is 0. The van der Waals surface area contributed by atoms with Crippen LogP contribution in [-0.4, -0.2) is 29.1 Å². The SMILES string of the molecule is CC1=CCP(=O)(N(Cc2ccccc2)P2(=O)CC=C(C)C2)C1. The molecule has 0 saturated carbocycles. The molecule has 2 aliphatic heterocycles. The van der Waals surface area contributed by atoms with Crippen LogP contribution in [0.3, 0.4) is 0 Å². The van der Waals surface area contributed by atoms with Crippen LogP contribution in [0.5, 0.6) is 0 Å². The van der Waals surface area contributed by atoms with E-state index in [9.17, 15) is 9.13 Å². The minimum Gasteiger partial charge on any atom is -0.305 e. The quantitative estimate of drug-likeness (QED) is 0.576. The molecule has 1 aromatic carbocycles. The highest BCUT2D eigenvalue weighted by molar-refractivity contribution is 7.77. The number of allylic oxidation sites excluding steroid dienone is 4. The maximum absolute atomic E-state index is 13.5. The summed E-state index contributed by atoms with van der Waals surface area (Å²) in [6.07, 6.45) is 6.41. The van der Waals surface area contributed by atoms with E-state index in [4.69, 9.17) is 0 Å². The van der Waals surface area contributed by atoms with E-state index >= 15 is 0 Å². The third-order valence-corrected chi connectivity index (χ3v) is 11.9. The molecule has 0 amide bonds. The summed E-state index contributed by atoms with van der Waals surface area (Å²) in [6.45, 7) is 4.57. The average Bonchev–Trinajstić information content (AvgIpc) is 3.01. The van der Waals surface area contributed by atoms with Crippen LogP contribution >= 0.6 is 14.6 Å². The summed E-state index contributed by atoms with van der Waals surface area (Å²) in [5, 5.41) is 0. The van der Waals surface area contributed by atoms with Crippen LogP contribution in [-0.2, 0) is 15.7 Å². The molecule has 0 aromatic heterocycles. The Hall–Kier alpha value is -0.880. The summed E-state index contributed by atoms with van der Waals surface area (Å²) < 4.78 is 28.9. The molecule has 0 aliphatic carbocycles. The highest BCUT2D eigenvalue weighted by Gasteiger charge is 2.44. The first kappa shape index (κ1) is 16.0. The zero-order chi connectivity index (χ0) is 15.8. The lowest BCUT2D eigenvalue weighted by Gasteiger charge is -2.34. The molecule has 0 spiro atoms. The predicted molar refractivity (Wildman–Crippen MR) is 94.2 cm³/mol. The fraction of sp³-hybridized carbons (Fsp3) is 0.412. The lowest BCUT2D eigenvalue weighted by molar-refractivity contribution is 0.497. The van der Waals surface area contributed by atoms with Crippen LogP contribution in [0.4, 0.5) is 0 Å². The molecular weight excluding hydrogens is 312 g/mol. The average molecular weight is 335 g/mol. The molecule has 0 fully saturated rings. The standard InChI is InChI=1S/C17H23NO2P2/c1-15-8-10-21(19,13-15)18(12-17-6-4-3-5-7-17)22(20)11-9-16(2)14-22/h3-9H,10-14H2,1-2H3. The summed E-state index contributed by atoms with van der Waals surface area (Å²) in [6, 6.07) is 9.99. The van der Waals surface area contributed by atoms with Gasteiger partial charge in [0.05, 0.1) is 0 Å². The van der Waals surface area contributed by atoms with E-state index in [1.165, 1.54) is 0 Å². The monoisotopic (exact) mass is 335 g/mol. The van der Waals surface area contributed by atoms with E-state index in [0.29, 0.717) is 31.2 Å². The van der Waals surface area contributed by atoms with Gasteiger partial charge in [-0.1, -0.05) is 53.6 Å². The van der Waals surface area contributed by atoms with Gasteiger partial charge in [0.1, 0.15) is 0 Å². The molecule has 3 rings (SSSR count). The van der Waals surface area contributed by atoms with Crippen molar-refractivity contribution in [3.05, 3.63) is 59.2 Å². The van der Waals surface area contributed by atoms with E-state index in [1.807, 2.05) is 48.6 Å². The highest BCUT2D eigenvalue weighted by atomic mass is 31.2. The fourth-order valence-electron chi connectivity index (χ4n) is 3.29. The third kappa shape index (κ3) is 3.08. The molecule has 0 N–H and O–H groups in total. The molecule has 2 aliphatic rings. The van der Waals surface area contributed by atoms with Gasteiger partial charge in [-0.25, -0.2) is 0 Å². The Bertz CT molecular complexity index is 679. The van der Waals surface area contributed by atoms with Crippen LogP contribution in [0.1, 0.15) is 19.4 Å². The van der Waals surface area contributed by atoms with Gasteiger partial charge in [-0.05, 0) is 19.4 Å². The van der Waals surface area contributed by atoms with E-state index in [2.05, 4.69) is 12.2 Å². The topological polar surface area (TPSA) is 37.4 Å². The second-order valence-corrected chi connectivity index (χ2v) is 12.5. The minimum atomic E-state index is -2.60. The molecule has 5 heteroatoms. The Morgan fingerprint density at radius 3 is 1.82 bits per heavy atom. The second kappa shape index (κ2) is 5.96. The second-order valence-electron chi connectivity index (χ2n) is 6.49. The Balaban J connectivity index is 1.93. The Labute approximate surface area is 133 Å². The van der Waals surface area contributed by atoms with Crippen LogP contribution in [0.2, 0.25) is 0 Å². The van der Waals surface area contributed by atoms with Crippen LogP contribution in [0.15, 0.2) is 53.6 Å². The van der Waals surface area contributed by atoms with Gasteiger partial charge in [-0.15, -0.1) is 0 Å². The van der Waals surface area contributed by atoms with E-state index < -0.39 is 14.6 Å². The summed E-state index contributed by atoms with van der Waals surface area (Å²) >= 11 is 0. The van der Waals surface area contributed by atoms with Crippen molar-refractivity contribution in [3.8, 4) is 0 Å². The van der Waals surface area contributed by atoms with Gasteiger partial charge in [0.2, 0.25) is 0 Å². The molecule has 2 unspecified atom stereocenters. The van der Waals surface area contributed by atoms with Gasteiger partial charge in [0.25, 0.3) is 0 Å². The van der Waals surface area contributed by atoms with Gasteiger partial charge >= 0.3 is 0 Å². The van der Waals surface area contributed by atoms with Crippen molar-refractivity contribution in [3.63, 3.8) is 0 Å². The molecular formula is C17H23NO2P2. The first-order valence-corrected chi connectivity index (χ1v) is 11.8. The zero-order valence-electron chi connectivity index (χ0n) is 13.2. The number of nitrogens with zero attached hydrogens (tertiary/aromatic N) is 1. The van der Waals surface area contributed by atoms with Gasteiger partial charge in [-0.2, -0.15) is 4.44 Å². The van der Waals surface area contributed by atoms with Crippen molar-refractivity contribution < 1.29 is 9.13 Å². The van der Waals surface area contributed by atoms with Crippen LogP contribution in [0, 0.1) is 0 Å². The van der Waals surface area contributed by atoms with Crippen molar-refractivity contribution in [1.82, 2.24) is 4.44 Å². The summed E-state index contributed by atoms with van der Waals surface area (Å²) in [5.74, 6) is 0. The van der Waals surface area contributed by atoms with Crippen LogP contribution < -0.4 is 0 Å². The smallest absolute Gasteiger partial charge is 0.163 e. The fourth-order valence-corrected chi connectivity index (χ4v) is 11.3. The van der Waals surface area contributed by atoms with Gasteiger partial charge < -0.3 is 9.13 Å². The number of benzene rings is 1. The van der Waals surface area contributed by atoms with Gasteiger partial charge in [0, 0.05) is 31.2 Å². The predicted octanol–water partition coefficient (Wildman–Crippen LogP) is 4.96. The van der Waals surface area contributed by atoms with Crippen molar-refractivity contribution in [2.24, 2.45) is 0 Å². The molecule has 1 aromatic rings. The number of rotatable bonds is 4. The van der Waals surface area contributed by atoms with Gasteiger partial charge in [-0.3, -0.25) is 0 Å². The van der Waals surface area contributed by atoms with E-state index in [-0.39, 0.29) is 0 Å². The first-order valence-electron chi connectivity index (χ1n) is 7.71. The molecule has 118 valence electrons. The molecule has 22 heavy (non-hydrogen) atoms. The number of hydrogen-bond acceptors (Lipinski definition) is 2. The van der Waals surface area contributed by atoms with Crippen molar-refractivity contribution in [1.29, 1.82) is 0 Å². The molecule has 0 bridgehead atoms. The van der Waals surface area contributed by atoms with Crippen molar-refractivity contribution >= 4 is 14.6 Å². The van der Waals surface area contributed by atoms with Crippen molar-refractivity contribution in [2.75, 3.05) is 24.6 Å². The Morgan fingerprint density at radius 2 is 1.41 bits per heavy atom. The largest absolute Gasteiger partial charge is 0.305 e. The zero-order valence-corrected chi connectivity index (χ0v) is 15.0. The van der Waals surface area contributed by atoms with Crippen LogP contribution in [0.25, 0.3) is 0 Å². The summed E-state index contributed by atoms with van der Waals surface area (Å²) in [4.78, 5) is 0. The Morgan fingerprint density at radius 1 is 0.909 bits per heavy atom. The van der Waals surface area contributed by atoms with E-state index in [1.54, 1.807) is 0 Å². The third-order valence-electron chi connectivity index (χ3n) is 4.45. The lowest BCUT2D eigenvalue weighted by Crippen LogP contribution is -2.20. The normalized spacial score (nSPS) is 31.4. The highest BCUT2D eigenvalue weighted by Crippen LogP contribution is 2.70. The molecule has 2 atom stereocenters. The maximum Gasteiger partial charge on any atom is 0.163 e. The summed E-state index contributed by atoms with van der Waals surface area (Å²) in [7, 11) is -5.20. The maximum atomic E-state index is 13.5. The molecule has 2 heterocycles. The van der Waals surface area contributed by atoms with E-state index in [0.717, 1.165) is 16.7 Å². The molecule has 3 nitrogen and oxygen atoms in total. The summed E-state index contributed by atoms with van der Waals surface area (Å²) in [5.41, 5.74) is 3.41. The molecule has 0 radical (unpaired) electrons. The van der Waals surface area contributed by atoms with Crippen molar-refractivity contribution in [2.45, 2.75) is 20.4 Å². The molecule has 0 saturated heterocycles. The van der Waals surface area contributed by atoms with Gasteiger partial charge in [0.15, 0.2) is 14.6 Å². The first-order chi connectivity index (χ1) is 10.4. The minimum absolute atomic E-state index is 0.525. The Kier molecular flexibility index (Phi) is 4.34.